The van der Waals surface area contributed by atoms with E-state index < -0.39 is 0 Å². The first-order chi connectivity index (χ1) is 9.08. The average molecular weight is 284 g/mol. The van der Waals surface area contributed by atoms with Gasteiger partial charge >= 0.3 is 0 Å². The normalized spacial score (nSPS) is 12.6. The molecule has 0 amide bonds. The van der Waals surface area contributed by atoms with Crippen LogP contribution in [-0.2, 0) is 6.42 Å². The molecule has 0 spiro atoms. The summed E-state index contributed by atoms with van der Waals surface area (Å²) < 4.78 is 0. The zero-order valence-electron chi connectivity index (χ0n) is 11.6. The fraction of sp³-hybridized carbons (Fsp3) is 0.600. The highest BCUT2D eigenvalue weighted by molar-refractivity contribution is 6.20. The largest absolute Gasteiger partial charge is 0.269 e. The van der Waals surface area contributed by atoms with E-state index >= 15 is 0 Å². The summed E-state index contributed by atoms with van der Waals surface area (Å²) in [5.74, 6) is 0.534. The molecule has 0 fully saturated rings. The lowest BCUT2D eigenvalue weighted by Gasteiger charge is -2.21. The van der Waals surface area contributed by atoms with Crippen molar-refractivity contribution in [1.82, 2.24) is 0 Å². The Morgan fingerprint density at radius 1 is 1.16 bits per heavy atom. The van der Waals surface area contributed by atoms with Crippen molar-refractivity contribution < 1.29 is 4.92 Å². The monoisotopic (exact) mass is 283 g/mol. The van der Waals surface area contributed by atoms with Crippen LogP contribution in [0.25, 0.3) is 0 Å². The zero-order chi connectivity index (χ0) is 14.3. The van der Waals surface area contributed by atoms with E-state index in [9.17, 15) is 10.1 Å². The highest BCUT2D eigenvalue weighted by atomic mass is 35.5. The molecule has 19 heavy (non-hydrogen) atoms. The Morgan fingerprint density at radius 3 is 2.11 bits per heavy atom. The Hall–Kier alpha value is -1.09. The number of nitro benzene ring substituents is 1. The lowest BCUT2D eigenvalue weighted by atomic mass is 9.91. The summed E-state index contributed by atoms with van der Waals surface area (Å²) in [5.41, 5.74) is 1.20. The fourth-order valence-electron chi connectivity index (χ4n) is 2.39. The molecule has 1 rings (SSSR count). The molecule has 0 aliphatic heterocycles. The number of non-ortho nitro benzene ring substituents is 1. The summed E-state index contributed by atoms with van der Waals surface area (Å²) in [6.45, 7) is 4.36. The molecule has 0 aromatic heterocycles. The van der Waals surface area contributed by atoms with Gasteiger partial charge in [0, 0.05) is 17.5 Å². The first kappa shape index (κ1) is 16.0. The van der Waals surface area contributed by atoms with Gasteiger partial charge in [-0.1, -0.05) is 38.8 Å². The Bertz CT molecular complexity index is 386. The zero-order valence-corrected chi connectivity index (χ0v) is 12.4. The van der Waals surface area contributed by atoms with Crippen LogP contribution in [0.15, 0.2) is 24.3 Å². The number of alkyl halides is 1. The van der Waals surface area contributed by atoms with Gasteiger partial charge in [-0.2, -0.15) is 0 Å². The summed E-state index contributed by atoms with van der Waals surface area (Å²) in [6, 6.07) is 6.71. The second-order valence-electron chi connectivity index (χ2n) is 4.98. The van der Waals surface area contributed by atoms with E-state index in [-0.39, 0.29) is 16.0 Å². The van der Waals surface area contributed by atoms with Crippen molar-refractivity contribution in [3.05, 3.63) is 39.9 Å². The van der Waals surface area contributed by atoms with Crippen molar-refractivity contribution in [3.63, 3.8) is 0 Å². The SMILES string of the molecule is CCCC(CCC)C(Cl)Cc1ccc([N+](=O)[O-])cc1. The maximum absolute atomic E-state index is 10.6. The van der Waals surface area contributed by atoms with E-state index in [1.54, 1.807) is 12.1 Å². The van der Waals surface area contributed by atoms with E-state index in [0.717, 1.165) is 37.7 Å². The van der Waals surface area contributed by atoms with E-state index in [0.29, 0.717) is 5.92 Å². The van der Waals surface area contributed by atoms with E-state index in [2.05, 4.69) is 13.8 Å². The molecule has 1 atom stereocenters. The number of nitro groups is 1. The molecule has 1 aromatic rings. The number of benzene rings is 1. The number of rotatable bonds is 8. The molecule has 0 saturated heterocycles. The van der Waals surface area contributed by atoms with Gasteiger partial charge in [0.15, 0.2) is 0 Å². The second kappa shape index (κ2) is 8.16. The first-order valence-corrected chi connectivity index (χ1v) is 7.39. The molecule has 1 unspecified atom stereocenters. The molecule has 0 aliphatic carbocycles. The van der Waals surface area contributed by atoms with Gasteiger partial charge in [-0.15, -0.1) is 11.6 Å². The molecular weight excluding hydrogens is 262 g/mol. The van der Waals surface area contributed by atoms with Crippen molar-refractivity contribution in [3.8, 4) is 0 Å². The van der Waals surface area contributed by atoms with Gasteiger partial charge in [0.25, 0.3) is 5.69 Å². The van der Waals surface area contributed by atoms with Crippen LogP contribution in [0.1, 0.15) is 45.1 Å². The molecule has 0 heterocycles. The minimum atomic E-state index is -0.376. The summed E-state index contributed by atoms with van der Waals surface area (Å²) >= 11 is 6.51. The predicted octanol–water partition coefficient (Wildman–Crippen LogP) is 4.96. The number of hydrogen-bond donors (Lipinski definition) is 0. The predicted molar refractivity (Wildman–Crippen MR) is 79.7 cm³/mol. The minimum absolute atomic E-state index is 0.112. The van der Waals surface area contributed by atoms with Crippen LogP contribution in [0, 0.1) is 16.0 Å². The highest BCUT2D eigenvalue weighted by Gasteiger charge is 2.18. The third kappa shape index (κ3) is 5.19. The third-order valence-corrected chi connectivity index (χ3v) is 3.92. The van der Waals surface area contributed by atoms with Crippen LogP contribution in [-0.4, -0.2) is 10.3 Å². The van der Waals surface area contributed by atoms with Crippen molar-refractivity contribution in [2.75, 3.05) is 0 Å². The van der Waals surface area contributed by atoms with E-state index in [4.69, 9.17) is 11.6 Å². The van der Waals surface area contributed by atoms with E-state index in [1.165, 1.54) is 0 Å². The van der Waals surface area contributed by atoms with Gasteiger partial charge in [-0.05, 0) is 30.7 Å². The third-order valence-electron chi connectivity index (χ3n) is 3.41. The summed E-state index contributed by atoms with van der Waals surface area (Å²) in [5, 5.41) is 10.7. The second-order valence-corrected chi connectivity index (χ2v) is 5.54. The van der Waals surface area contributed by atoms with Crippen LogP contribution < -0.4 is 0 Å². The number of nitrogens with zero attached hydrogens (tertiary/aromatic N) is 1. The molecule has 4 heteroatoms. The lowest BCUT2D eigenvalue weighted by Crippen LogP contribution is -2.17. The van der Waals surface area contributed by atoms with Gasteiger partial charge in [0.2, 0.25) is 0 Å². The summed E-state index contributed by atoms with van der Waals surface area (Å²) in [7, 11) is 0. The minimum Gasteiger partial charge on any atom is -0.258 e. The van der Waals surface area contributed by atoms with E-state index in [1.807, 2.05) is 12.1 Å². The van der Waals surface area contributed by atoms with Crippen molar-refractivity contribution in [1.29, 1.82) is 0 Å². The number of halogens is 1. The van der Waals surface area contributed by atoms with Crippen LogP contribution >= 0.6 is 11.6 Å². The molecule has 0 aliphatic rings. The molecule has 0 N–H and O–H groups in total. The van der Waals surface area contributed by atoms with Crippen LogP contribution in [0.5, 0.6) is 0 Å². The first-order valence-electron chi connectivity index (χ1n) is 6.95. The van der Waals surface area contributed by atoms with Crippen molar-refractivity contribution in [2.24, 2.45) is 5.92 Å². The summed E-state index contributed by atoms with van der Waals surface area (Å²) in [6.07, 6.45) is 5.37. The Morgan fingerprint density at radius 2 is 1.68 bits per heavy atom. The van der Waals surface area contributed by atoms with Gasteiger partial charge < -0.3 is 0 Å². The van der Waals surface area contributed by atoms with Crippen LogP contribution in [0.3, 0.4) is 0 Å². The maximum Gasteiger partial charge on any atom is 0.269 e. The average Bonchev–Trinajstić information content (AvgIpc) is 2.39. The molecule has 3 nitrogen and oxygen atoms in total. The molecule has 0 bridgehead atoms. The van der Waals surface area contributed by atoms with Crippen LogP contribution in [0.2, 0.25) is 0 Å². The summed E-state index contributed by atoms with van der Waals surface area (Å²) in [4.78, 5) is 10.2. The van der Waals surface area contributed by atoms with Crippen LogP contribution in [0.4, 0.5) is 5.69 Å². The topological polar surface area (TPSA) is 43.1 Å². The number of hydrogen-bond acceptors (Lipinski definition) is 2. The van der Waals surface area contributed by atoms with Gasteiger partial charge in [-0.3, -0.25) is 10.1 Å². The highest BCUT2D eigenvalue weighted by Crippen LogP contribution is 2.25. The van der Waals surface area contributed by atoms with Gasteiger partial charge in [0.1, 0.15) is 0 Å². The van der Waals surface area contributed by atoms with Crippen molar-refractivity contribution in [2.45, 2.75) is 51.3 Å². The smallest absolute Gasteiger partial charge is 0.258 e. The molecule has 0 saturated carbocycles. The Kier molecular flexibility index (Phi) is 6.85. The lowest BCUT2D eigenvalue weighted by molar-refractivity contribution is -0.384. The Balaban J connectivity index is 2.63. The maximum atomic E-state index is 10.6. The molecular formula is C15H22ClNO2. The van der Waals surface area contributed by atoms with Crippen molar-refractivity contribution >= 4 is 17.3 Å². The Labute approximate surface area is 120 Å². The molecule has 0 radical (unpaired) electrons. The molecule has 106 valence electrons. The van der Waals surface area contributed by atoms with Gasteiger partial charge in [0.05, 0.1) is 4.92 Å². The van der Waals surface area contributed by atoms with Gasteiger partial charge in [-0.25, -0.2) is 0 Å². The standard InChI is InChI=1S/C15H22ClNO2/c1-3-5-13(6-4-2)15(16)11-12-7-9-14(10-8-12)17(18)19/h7-10,13,15H,3-6,11H2,1-2H3. The fourth-order valence-corrected chi connectivity index (χ4v) is 2.82. The quantitative estimate of drug-likeness (QED) is 0.384. The molecule has 1 aromatic carbocycles.